The average molecular weight is 386 g/mol. The van der Waals surface area contributed by atoms with Crippen molar-refractivity contribution in [1.82, 2.24) is 5.32 Å². The van der Waals surface area contributed by atoms with Gasteiger partial charge in [0, 0.05) is 5.70 Å². The summed E-state index contributed by atoms with van der Waals surface area (Å²) < 4.78 is 10.2. The molecule has 0 aliphatic carbocycles. The third kappa shape index (κ3) is 4.92. The first-order valence-corrected chi connectivity index (χ1v) is 9.64. The molecule has 0 saturated heterocycles. The smallest absolute Gasteiger partial charge is 0.336 e. The number of thioether (sulfide) groups is 1. The molecule has 0 radical (unpaired) electrons. The van der Waals surface area contributed by atoms with Gasteiger partial charge in [-0.15, -0.1) is 0 Å². The van der Waals surface area contributed by atoms with E-state index in [-0.39, 0.29) is 18.3 Å². The highest BCUT2D eigenvalue weighted by molar-refractivity contribution is 8.03. The van der Waals surface area contributed by atoms with Crippen molar-refractivity contribution in [2.24, 2.45) is 0 Å². The Bertz CT molecular complexity index is 809. The second-order valence-corrected chi connectivity index (χ2v) is 6.66. The quantitative estimate of drug-likeness (QED) is 0.720. The van der Waals surface area contributed by atoms with Gasteiger partial charge in [-0.05, 0) is 26.3 Å². The molecule has 0 saturated carbocycles. The topological polar surface area (TPSA) is 88.4 Å². The van der Waals surface area contributed by atoms with E-state index in [1.807, 2.05) is 30.3 Å². The zero-order chi connectivity index (χ0) is 19.8. The van der Waals surface area contributed by atoms with Crippen molar-refractivity contribution < 1.29 is 19.1 Å². The average Bonchev–Trinajstić information content (AvgIpc) is 2.66. The molecule has 1 aromatic carbocycles. The molecule has 0 unspecified atom stereocenters. The Kier molecular flexibility index (Phi) is 7.50. The van der Waals surface area contributed by atoms with Crippen LogP contribution in [0.15, 0.2) is 52.2 Å². The summed E-state index contributed by atoms with van der Waals surface area (Å²) in [5.41, 5.74) is 2.20. The number of benzene rings is 1. The second kappa shape index (κ2) is 9.83. The number of nitrogens with one attached hydrogen (secondary N) is 1. The molecule has 0 spiro atoms. The number of nitrogens with zero attached hydrogens (tertiary/aromatic N) is 1. The lowest BCUT2D eigenvalue weighted by Gasteiger charge is -2.29. The third-order valence-corrected chi connectivity index (χ3v) is 4.91. The van der Waals surface area contributed by atoms with Gasteiger partial charge in [0.05, 0.1) is 47.1 Å². The van der Waals surface area contributed by atoms with Crippen molar-refractivity contribution in [1.29, 1.82) is 5.26 Å². The van der Waals surface area contributed by atoms with Gasteiger partial charge in [-0.1, -0.05) is 42.1 Å². The lowest BCUT2D eigenvalue weighted by atomic mass is 9.82. The van der Waals surface area contributed by atoms with Gasteiger partial charge in [-0.3, -0.25) is 4.79 Å². The van der Waals surface area contributed by atoms with E-state index in [4.69, 9.17) is 9.47 Å². The number of dihydropyridines is 1. The fourth-order valence-corrected chi connectivity index (χ4v) is 3.71. The number of carbonyl (C=O) groups excluding carboxylic acids is 2. The molecule has 1 atom stereocenters. The summed E-state index contributed by atoms with van der Waals surface area (Å²) in [6.07, 6.45) is 0. The van der Waals surface area contributed by atoms with Crippen LogP contribution in [0.1, 0.15) is 32.3 Å². The number of ether oxygens (including phenoxy) is 2. The van der Waals surface area contributed by atoms with Gasteiger partial charge in [0.2, 0.25) is 0 Å². The highest BCUT2D eigenvalue weighted by Gasteiger charge is 2.35. The molecule has 0 bridgehead atoms. The van der Waals surface area contributed by atoms with Gasteiger partial charge in [0.1, 0.15) is 0 Å². The zero-order valence-corrected chi connectivity index (χ0v) is 16.4. The van der Waals surface area contributed by atoms with E-state index in [2.05, 4.69) is 11.4 Å². The monoisotopic (exact) mass is 386 g/mol. The molecule has 0 amide bonds. The van der Waals surface area contributed by atoms with Gasteiger partial charge in [-0.25, -0.2) is 4.79 Å². The molecule has 0 fully saturated rings. The Morgan fingerprint density at radius 2 is 1.85 bits per heavy atom. The Morgan fingerprint density at radius 3 is 2.44 bits per heavy atom. The third-order valence-electron chi connectivity index (χ3n) is 3.92. The number of carbonyl (C=O) groups is 2. The van der Waals surface area contributed by atoms with Crippen LogP contribution in [-0.2, 0) is 19.1 Å². The van der Waals surface area contributed by atoms with Crippen LogP contribution in [0.5, 0.6) is 0 Å². The normalized spacial score (nSPS) is 16.4. The van der Waals surface area contributed by atoms with Crippen molar-refractivity contribution in [3.05, 3.63) is 57.8 Å². The number of hydrogen-bond acceptors (Lipinski definition) is 7. The van der Waals surface area contributed by atoms with Crippen LogP contribution in [-0.4, -0.2) is 30.9 Å². The maximum absolute atomic E-state index is 12.6. The summed E-state index contributed by atoms with van der Waals surface area (Å²) >= 11 is 1.19. The minimum Gasteiger partial charge on any atom is -0.465 e. The molecule has 1 N–H and O–H groups in total. The van der Waals surface area contributed by atoms with E-state index in [1.54, 1.807) is 20.8 Å². The van der Waals surface area contributed by atoms with E-state index in [9.17, 15) is 14.9 Å². The molecule has 7 heteroatoms. The van der Waals surface area contributed by atoms with Crippen LogP contribution in [0.25, 0.3) is 0 Å². The minimum atomic E-state index is -0.554. The number of hydrogen-bond donors (Lipinski definition) is 1. The predicted molar refractivity (Wildman–Crippen MR) is 103 cm³/mol. The van der Waals surface area contributed by atoms with Crippen LogP contribution in [0, 0.1) is 11.3 Å². The minimum absolute atomic E-state index is 0.0743. The largest absolute Gasteiger partial charge is 0.465 e. The molecule has 1 aromatic rings. The van der Waals surface area contributed by atoms with Crippen LogP contribution in [0.4, 0.5) is 0 Å². The van der Waals surface area contributed by atoms with Crippen molar-refractivity contribution in [3.8, 4) is 6.07 Å². The lowest BCUT2D eigenvalue weighted by molar-refractivity contribution is -0.140. The van der Waals surface area contributed by atoms with E-state index < -0.39 is 11.9 Å². The summed E-state index contributed by atoms with van der Waals surface area (Å²) in [6, 6.07) is 11.5. The molecule has 2 rings (SSSR count). The number of nitriles is 1. The summed E-state index contributed by atoms with van der Waals surface area (Å²) in [4.78, 5) is 24.3. The highest BCUT2D eigenvalue weighted by atomic mass is 32.2. The SMILES string of the molecule is CCOC(=O)CSC1=C(C#N)[C@@H](c2ccccc2)C(C(=O)OCC)=C(C)N1. The first-order valence-electron chi connectivity index (χ1n) is 8.65. The number of allylic oxidation sites excluding steroid dienone is 2. The van der Waals surface area contributed by atoms with E-state index in [0.717, 1.165) is 5.56 Å². The number of esters is 2. The molecule has 27 heavy (non-hydrogen) atoms. The fourth-order valence-electron chi connectivity index (χ4n) is 2.82. The van der Waals surface area contributed by atoms with Gasteiger partial charge in [-0.2, -0.15) is 5.26 Å². The Balaban J connectivity index is 2.46. The van der Waals surface area contributed by atoms with Crippen molar-refractivity contribution >= 4 is 23.7 Å². The molecule has 1 aliphatic rings. The maximum Gasteiger partial charge on any atom is 0.336 e. The lowest BCUT2D eigenvalue weighted by Crippen LogP contribution is -2.29. The second-order valence-electron chi connectivity index (χ2n) is 5.68. The molecule has 1 heterocycles. The van der Waals surface area contributed by atoms with E-state index in [1.165, 1.54) is 11.8 Å². The first-order chi connectivity index (χ1) is 13.0. The maximum atomic E-state index is 12.6. The molecule has 0 aromatic heterocycles. The zero-order valence-electron chi connectivity index (χ0n) is 15.6. The molecular weight excluding hydrogens is 364 g/mol. The van der Waals surface area contributed by atoms with Crippen LogP contribution < -0.4 is 5.32 Å². The van der Waals surface area contributed by atoms with Crippen LogP contribution >= 0.6 is 11.8 Å². The molecule has 142 valence electrons. The summed E-state index contributed by atoms with van der Waals surface area (Å²) in [6.45, 7) is 5.79. The van der Waals surface area contributed by atoms with Crippen molar-refractivity contribution in [3.63, 3.8) is 0 Å². The summed E-state index contributed by atoms with van der Waals surface area (Å²) in [5.74, 6) is -1.30. The Morgan fingerprint density at radius 1 is 1.19 bits per heavy atom. The molecule has 6 nitrogen and oxygen atoms in total. The molecular formula is C20H22N2O4S. The predicted octanol–water partition coefficient (Wildman–Crippen LogP) is 3.24. The van der Waals surface area contributed by atoms with Crippen molar-refractivity contribution in [2.75, 3.05) is 19.0 Å². The van der Waals surface area contributed by atoms with Gasteiger partial charge < -0.3 is 14.8 Å². The van der Waals surface area contributed by atoms with E-state index >= 15 is 0 Å². The fraction of sp³-hybridized carbons (Fsp3) is 0.350. The summed E-state index contributed by atoms with van der Waals surface area (Å²) in [7, 11) is 0. The Labute approximate surface area is 163 Å². The first kappa shape index (κ1) is 20.6. The van der Waals surface area contributed by atoms with Crippen LogP contribution in [0.2, 0.25) is 0 Å². The van der Waals surface area contributed by atoms with Crippen LogP contribution in [0.3, 0.4) is 0 Å². The van der Waals surface area contributed by atoms with Crippen molar-refractivity contribution in [2.45, 2.75) is 26.7 Å². The van der Waals surface area contributed by atoms with Gasteiger partial charge >= 0.3 is 11.9 Å². The highest BCUT2D eigenvalue weighted by Crippen LogP contribution is 2.40. The Hall–Kier alpha value is -2.72. The standard InChI is InChI=1S/C20H22N2O4S/c1-4-25-16(23)12-27-19-15(11-21)18(14-9-7-6-8-10-14)17(13(3)22-19)20(24)26-5-2/h6-10,18,22H,4-5,12H2,1-3H3/t18-/m1/s1. The van der Waals surface area contributed by atoms with Gasteiger partial charge in [0.25, 0.3) is 0 Å². The van der Waals surface area contributed by atoms with E-state index in [0.29, 0.717) is 28.5 Å². The molecule has 1 aliphatic heterocycles. The van der Waals surface area contributed by atoms with Gasteiger partial charge in [0.15, 0.2) is 0 Å². The number of rotatable bonds is 7. The summed E-state index contributed by atoms with van der Waals surface area (Å²) in [5, 5.41) is 13.5.